The fourth-order valence-electron chi connectivity index (χ4n) is 2.61. The second-order valence-electron chi connectivity index (χ2n) is 5.36. The molecule has 2 rings (SSSR count). The minimum Gasteiger partial charge on any atom is -0.326 e. The summed E-state index contributed by atoms with van der Waals surface area (Å²) in [5, 5.41) is 0. The van der Waals surface area contributed by atoms with Gasteiger partial charge in [-0.05, 0) is 37.7 Å². The second-order valence-corrected chi connectivity index (χ2v) is 5.36. The zero-order valence-electron chi connectivity index (χ0n) is 12.3. The third-order valence-electron chi connectivity index (χ3n) is 3.56. The predicted molar refractivity (Wildman–Crippen MR) is 80.7 cm³/mol. The van der Waals surface area contributed by atoms with Gasteiger partial charge in [0, 0.05) is 24.2 Å². The lowest BCUT2D eigenvalue weighted by Crippen LogP contribution is -2.37. The number of hydrogen-bond donors (Lipinski definition) is 1. The van der Waals surface area contributed by atoms with Crippen molar-refractivity contribution in [1.29, 1.82) is 0 Å². The molecule has 2 aromatic carbocycles. The van der Waals surface area contributed by atoms with Crippen LogP contribution in [0, 0.1) is 11.6 Å². The van der Waals surface area contributed by atoms with Crippen molar-refractivity contribution in [2.75, 3.05) is 7.05 Å². The summed E-state index contributed by atoms with van der Waals surface area (Å²) in [6.07, 6.45) is 0. The van der Waals surface area contributed by atoms with Gasteiger partial charge >= 0.3 is 0 Å². The zero-order valence-corrected chi connectivity index (χ0v) is 12.3. The van der Waals surface area contributed by atoms with Crippen molar-refractivity contribution in [3.8, 4) is 0 Å². The molecule has 0 radical (unpaired) electrons. The quantitative estimate of drug-likeness (QED) is 0.913. The highest BCUT2D eigenvalue weighted by Gasteiger charge is 2.22. The molecule has 2 aromatic rings. The molecule has 0 saturated heterocycles. The first-order valence-corrected chi connectivity index (χ1v) is 6.93. The minimum absolute atomic E-state index is 0.106. The molecule has 4 heteroatoms. The molecule has 2 unspecified atom stereocenters. The fraction of sp³-hybridized carbons (Fsp3) is 0.294. The lowest BCUT2D eigenvalue weighted by Gasteiger charge is -2.31. The molecule has 2 atom stereocenters. The Morgan fingerprint density at radius 1 is 1.05 bits per heavy atom. The van der Waals surface area contributed by atoms with Crippen LogP contribution in [0.25, 0.3) is 0 Å². The number of rotatable bonds is 5. The van der Waals surface area contributed by atoms with Gasteiger partial charge in [-0.3, -0.25) is 4.90 Å². The van der Waals surface area contributed by atoms with E-state index in [4.69, 9.17) is 5.73 Å². The highest BCUT2D eigenvalue weighted by Crippen LogP contribution is 2.24. The van der Waals surface area contributed by atoms with E-state index >= 15 is 0 Å². The maximum atomic E-state index is 13.8. The first-order valence-electron chi connectivity index (χ1n) is 6.93. The number of nitrogens with two attached hydrogens (primary N) is 1. The molecular weight excluding hydrogens is 270 g/mol. The maximum Gasteiger partial charge on any atom is 0.127 e. The Labute approximate surface area is 124 Å². The van der Waals surface area contributed by atoms with Crippen LogP contribution in [0.1, 0.15) is 24.1 Å². The summed E-state index contributed by atoms with van der Waals surface area (Å²) in [6, 6.07) is 12.7. The SMILES string of the molecule is CC(N)C(c1ccc(F)cc1)N(C)Cc1ccccc1F. The van der Waals surface area contributed by atoms with Crippen LogP contribution in [-0.2, 0) is 6.54 Å². The van der Waals surface area contributed by atoms with Crippen LogP contribution in [-0.4, -0.2) is 18.0 Å². The van der Waals surface area contributed by atoms with E-state index in [0.29, 0.717) is 12.1 Å². The van der Waals surface area contributed by atoms with E-state index in [0.717, 1.165) is 5.56 Å². The minimum atomic E-state index is -0.279. The van der Waals surface area contributed by atoms with E-state index in [2.05, 4.69) is 0 Å². The van der Waals surface area contributed by atoms with Gasteiger partial charge in [0.1, 0.15) is 11.6 Å². The maximum absolute atomic E-state index is 13.8. The molecule has 0 amide bonds. The van der Waals surface area contributed by atoms with Crippen molar-refractivity contribution in [2.24, 2.45) is 5.73 Å². The van der Waals surface area contributed by atoms with Crippen molar-refractivity contribution >= 4 is 0 Å². The summed E-state index contributed by atoms with van der Waals surface area (Å²) in [5.74, 6) is -0.509. The normalized spacial score (nSPS) is 14.2. The van der Waals surface area contributed by atoms with Gasteiger partial charge in [-0.25, -0.2) is 8.78 Å². The lowest BCUT2D eigenvalue weighted by atomic mass is 9.99. The van der Waals surface area contributed by atoms with Crippen LogP contribution in [0.4, 0.5) is 8.78 Å². The van der Waals surface area contributed by atoms with Crippen LogP contribution in [0.3, 0.4) is 0 Å². The van der Waals surface area contributed by atoms with Gasteiger partial charge in [0.25, 0.3) is 0 Å². The molecule has 0 saturated carbocycles. The first-order chi connectivity index (χ1) is 9.99. The molecule has 21 heavy (non-hydrogen) atoms. The summed E-state index contributed by atoms with van der Waals surface area (Å²) < 4.78 is 26.8. The van der Waals surface area contributed by atoms with Crippen LogP contribution in [0.15, 0.2) is 48.5 Å². The monoisotopic (exact) mass is 290 g/mol. The number of hydrogen-bond acceptors (Lipinski definition) is 2. The molecule has 0 aromatic heterocycles. The number of likely N-dealkylation sites (N-methyl/N-ethyl adjacent to an activating group) is 1. The van der Waals surface area contributed by atoms with Crippen molar-refractivity contribution in [3.63, 3.8) is 0 Å². The largest absolute Gasteiger partial charge is 0.326 e. The van der Waals surface area contributed by atoms with Gasteiger partial charge in [0.2, 0.25) is 0 Å². The average molecular weight is 290 g/mol. The highest BCUT2D eigenvalue weighted by atomic mass is 19.1. The molecule has 0 aliphatic carbocycles. The number of halogens is 2. The van der Waals surface area contributed by atoms with Gasteiger partial charge in [-0.15, -0.1) is 0 Å². The molecule has 0 bridgehead atoms. The Balaban J connectivity index is 2.22. The van der Waals surface area contributed by atoms with E-state index in [1.807, 2.05) is 24.9 Å². The van der Waals surface area contributed by atoms with Crippen molar-refractivity contribution in [2.45, 2.75) is 25.6 Å². The summed E-state index contributed by atoms with van der Waals surface area (Å²) >= 11 is 0. The zero-order chi connectivity index (χ0) is 15.4. The molecule has 0 heterocycles. The Bertz CT molecular complexity index is 582. The van der Waals surface area contributed by atoms with Gasteiger partial charge in [-0.2, -0.15) is 0 Å². The summed E-state index contributed by atoms with van der Waals surface area (Å²) in [6.45, 7) is 2.34. The van der Waals surface area contributed by atoms with Crippen LogP contribution >= 0.6 is 0 Å². The Hall–Kier alpha value is -1.78. The van der Waals surface area contributed by atoms with E-state index < -0.39 is 0 Å². The standard InChI is InChI=1S/C17H20F2N2/c1-12(20)17(13-7-9-15(18)10-8-13)21(2)11-14-5-3-4-6-16(14)19/h3-10,12,17H,11,20H2,1-2H3. The van der Waals surface area contributed by atoms with Crippen molar-refractivity contribution in [1.82, 2.24) is 4.90 Å². The molecule has 112 valence electrons. The van der Waals surface area contributed by atoms with Crippen LogP contribution < -0.4 is 5.73 Å². The Morgan fingerprint density at radius 2 is 1.67 bits per heavy atom. The van der Waals surface area contributed by atoms with Gasteiger partial charge in [0.05, 0.1) is 0 Å². The molecule has 2 N–H and O–H groups in total. The van der Waals surface area contributed by atoms with Crippen LogP contribution in [0.2, 0.25) is 0 Å². The molecule has 0 aliphatic rings. The highest BCUT2D eigenvalue weighted by molar-refractivity contribution is 5.23. The molecule has 0 aliphatic heterocycles. The van der Waals surface area contributed by atoms with Gasteiger partial charge in [0.15, 0.2) is 0 Å². The summed E-state index contributed by atoms with van der Waals surface area (Å²) in [4.78, 5) is 1.98. The third-order valence-corrected chi connectivity index (χ3v) is 3.56. The fourth-order valence-corrected chi connectivity index (χ4v) is 2.61. The van der Waals surface area contributed by atoms with Crippen molar-refractivity contribution < 1.29 is 8.78 Å². The summed E-state index contributed by atoms with van der Waals surface area (Å²) in [5.41, 5.74) is 7.61. The second kappa shape index (κ2) is 6.78. The first kappa shape index (κ1) is 15.6. The van der Waals surface area contributed by atoms with Crippen LogP contribution in [0.5, 0.6) is 0 Å². The molecule has 2 nitrogen and oxygen atoms in total. The van der Waals surface area contributed by atoms with E-state index in [1.165, 1.54) is 18.2 Å². The molecule has 0 spiro atoms. The molecular formula is C17H20F2N2. The average Bonchev–Trinajstić information content (AvgIpc) is 2.43. The van der Waals surface area contributed by atoms with Gasteiger partial charge in [-0.1, -0.05) is 30.3 Å². The van der Waals surface area contributed by atoms with E-state index in [9.17, 15) is 8.78 Å². The van der Waals surface area contributed by atoms with E-state index in [-0.39, 0.29) is 23.7 Å². The third kappa shape index (κ3) is 3.86. The summed E-state index contributed by atoms with van der Waals surface area (Å²) in [7, 11) is 1.89. The Morgan fingerprint density at radius 3 is 2.24 bits per heavy atom. The van der Waals surface area contributed by atoms with E-state index in [1.54, 1.807) is 24.3 Å². The predicted octanol–water partition coefficient (Wildman–Crippen LogP) is 3.49. The van der Waals surface area contributed by atoms with Crippen molar-refractivity contribution in [3.05, 3.63) is 71.3 Å². The smallest absolute Gasteiger partial charge is 0.127 e. The lowest BCUT2D eigenvalue weighted by molar-refractivity contribution is 0.208. The topological polar surface area (TPSA) is 29.3 Å². The van der Waals surface area contributed by atoms with Gasteiger partial charge < -0.3 is 5.73 Å². The number of benzene rings is 2. The molecule has 0 fully saturated rings. The Kier molecular flexibility index (Phi) is 5.04. The number of nitrogens with zero attached hydrogens (tertiary/aromatic N) is 1.